The Morgan fingerprint density at radius 1 is 1.41 bits per heavy atom. The van der Waals surface area contributed by atoms with Crippen LogP contribution in [0.15, 0.2) is 29.2 Å². The molecule has 0 spiro atoms. The lowest BCUT2D eigenvalue weighted by Crippen LogP contribution is -2.20. The first kappa shape index (κ1) is 14.0. The van der Waals surface area contributed by atoms with E-state index in [-0.39, 0.29) is 17.5 Å². The molecule has 4 N–H and O–H groups in total. The summed E-state index contributed by atoms with van der Waals surface area (Å²) in [6.45, 7) is 2.05. The predicted molar refractivity (Wildman–Crippen MR) is 67.2 cm³/mol. The van der Waals surface area contributed by atoms with Gasteiger partial charge in [0, 0.05) is 12.6 Å². The zero-order valence-corrected chi connectivity index (χ0v) is 10.6. The van der Waals surface area contributed by atoms with Crippen molar-refractivity contribution in [1.29, 1.82) is 0 Å². The maximum atomic E-state index is 11.3. The first-order chi connectivity index (χ1) is 7.95. The number of hydrogen-bond donors (Lipinski definition) is 3. The van der Waals surface area contributed by atoms with Crippen LogP contribution < -0.4 is 10.5 Å². The van der Waals surface area contributed by atoms with Crippen LogP contribution in [0, 0.1) is 0 Å². The SMILES string of the molecule is CC(CCCO)Nc1ccccc1S(N)(=O)=O. The molecule has 0 bridgehead atoms. The molecule has 1 aromatic carbocycles. The second-order valence-electron chi connectivity index (χ2n) is 3.95. The first-order valence-electron chi connectivity index (χ1n) is 5.44. The minimum absolute atomic E-state index is 0.0741. The van der Waals surface area contributed by atoms with Gasteiger partial charge in [0.2, 0.25) is 10.0 Å². The monoisotopic (exact) mass is 258 g/mol. The Morgan fingerprint density at radius 3 is 2.65 bits per heavy atom. The van der Waals surface area contributed by atoms with E-state index in [1.165, 1.54) is 6.07 Å². The quantitative estimate of drug-likeness (QED) is 0.707. The van der Waals surface area contributed by atoms with Crippen LogP contribution in [0.25, 0.3) is 0 Å². The fraction of sp³-hybridized carbons (Fsp3) is 0.455. The number of anilines is 1. The molecular weight excluding hydrogens is 240 g/mol. The molecule has 6 heteroatoms. The third-order valence-corrected chi connectivity index (χ3v) is 3.36. The van der Waals surface area contributed by atoms with Crippen molar-refractivity contribution in [3.63, 3.8) is 0 Å². The molecule has 1 unspecified atom stereocenters. The number of nitrogens with one attached hydrogen (secondary N) is 1. The highest BCUT2D eigenvalue weighted by atomic mass is 32.2. The molecule has 0 amide bonds. The molecule has 0 radical (unpaired) electrons. The normalized spacial score (nSPS) is 13.4. The molecule has 1 rings (SSSR count). The Bertz CT molecular complexity index is 460. The van der Waals surface area contributed by atoms with Crippen molar-refractivity contribution in [2.75, 3.05) is 11.9 Å². The van der Waals surface area contributed by atoms with Gasteiger partial charge < -0.3 is 10.4 Å². The van der Waals surface area contributed by atoms with Gasteiger partial charge in [-0.15, -0.1) is 0 Å². The van der Waals surface area contributed by atoms with Crippen molar-refractivity contribution < 1.29 is 13.5 Å². The van der Waals surface area contributed by atoms with E-state index in [0.717, 1.165) is 6.42 Å². The summed E-state index contributed by atoms with van der Waals surface area (Å²) in [4.78, 5) is 0.0934. The van der Waals surface area contributed by atoms with Crippen LogP contribution in [0.1, 0.15) is 19.8 Å². The van der Waals surface area contributed by atoms with E-state index in [2.05, 4.69) is 5.32 Å². The van der Waals surface area contributed by atoms with E-state index in [0.29, 0.717) is 12.1 Å². The van der Waals surface area contributed by atoms with Gasteiger partial charge in [-0.25, -0.2) is 13.6 Å². The Balaban J connectivity index is 2.84. The van der Waals surface area contributed by atoms with Gasteiger partial charge in [0.1, 0.15) is 4.90 Å². The van der Waals surface area contributed by atoms with Crippen molar-refractivity contribution in [3.05, 3.63) is 24.3 Å². The summed E-state index contributed by atoms with van der Waals surface area (Å²) in [5.74, 6) is 0. The Morgan fingerprint density at radius 2 is 2.06 bits per heavy atom. The van der Waals surface area contributed by atoms with Gasteiger partial charge in [0.15, 0.2) is 0 Å². The molecule has 96 valence electrons. The van der Waals surface area contributed by atoms with E-state index >= 15 is 0 Å². The third-order valence-electron chi connectivity index (χ3n) is 2.39. The van der Waals surface area contributed by atoms with Gasteiger partial charge in [0.25, 0.3) is 0 Å². The zero-order chi connectivity index (χ0) is 12.9. The number of aliphatic hydroxyl groups is 1. The molecule has 0 aliphatic carbocycles. The topological polar surface area (TPSA) is 92.4 Å². The number of aliphatic hydroxyl groups excluding tert-OH is 1. The van der Waals surface area contributed by atoms with Gasteiger partial charge in [-0.05, 0) is 31.9 Å². The summed E-state index contributed by atoms with van der Waals surface area (Å²) in [7, 11) is -3.71. The average Bonchev–Trinajstić information content (AvgIpc) is 2.25. The molecule has 1 atom stereocenters. The van der Waals surface area contributed by atoms with E-state index in [9.17, 15) is 8.42 Å². The number of rotatable bonds is 6. The number of para-hydroxylation sites is 1. The van der Waals surface area contributed by atoms with Crippen LogP contribution in [-0.4, -0.2) is 26.2 Å². The van der Waals surface area contributed by atoms with Crippen LogP contribution in [-0.2, 0) is 10.0 Å². The Hall–Kier alpha value is -1.11. The minimum atomic E-state index is -3.71. The van der Waals surface area contributed by atoms with Gasteiger partial charge in [-0.2, -0.15) is 0 Å². The molecular formula is C11H18N2O3S. The largest absolute Gasteiger partial charge is 0.396 e. The van der Waals surface area contributed by atoms with Gasteiger partial charge >= 0.3 is 0 Å². The molecule has 0 saturated heterocycles. The first-order valence-corrected chi connectivity index (χ1v) is 6.99. The zero-order valence-electron chi connectivity index (χ0n) is 9.76. The average molecular weight is 258 g/mol. The number of hydrogen-bond acceptors (Lipinski definition) is 4. The van der Waals surface area contributed by atoms with Crippen molar-refractivity contribution in [1.82, 2.24) is 0 Å². The second-order valence-corrected chi connectivity index (χ2v) is 5.48. The number of nitrogens with two attached hydrogens (primary N) is 1. The molecule has 0 saturated carbocycles. The lowest BCUT2D eigenvalue weighted by atomic mass is 10.2. The highest BCUT2D eigenvalue weighted by molar-refractivity contribution is 7.89. The van der Waals surface area contributed by atoms with Crippen LogP contribution in [0.2, 0.25) is 0 Å². The summed E-state index contributed by atoms with van der Waals surface area (Å²) < 4.78 is 22.7. The fourth-order valence-electron chi connectivity index (χ4n) is 1.57. The fourth-order valence-corrected chi connectivity index (χ4v) is 2.27. The smallest absolute Gasteiger partial charge is 0.240 e. The maximum absolute atomic E-state index is 11.3. The van der Waals surface area contributed by atoms with Crippen molar-refractivity contribution in [3.8, 4) is 0 Å². The summed E-state index contributed by atoms with van der Waals surface area (Å²) in [6, 6.07) is 6.59. The summed E-state index contributed by atoms with van der Waals surface area (Å²) in [5, 5.41) is 16.9. The molecule has 0 aliphatic rings. The molecule has 0 aliphatic heterocycles. The summed E-state index contributed by atoms with van der Waals surface area (Å²) in [6.07, 6.45) is 1.43. The lowest BCUT2D eigenvalue weighted by molar-refractivity contribution is 0.282. The molecule has 0 aromatic heterocycles. The lowest BCUT2D eigenvalue weighted by Gasteiger charge is -2.16. The van der Waals surface area contributed by atoms with Crippen molar-refractivity contribution >= 4 is 15.7 Å². The van der Waals surface area contributed by atoms with Gasteiger partial charge in [-0.1, -0.05) is 12.1 Å². The summed E-state index contributed by atoms with van der Waals surface area (Å²) in [5.41, 5.74) is 0.500. The molecule has 5 nitrogen and oxygen atoms in total. The van der Waals surface area contributed by atoms with E-state index < -0.39 is 10.0 Å². The highest BCUT2D eigenvalue weighted by Gasteiger charge is 2.14. The van der Waals surface area contributed by atoms with Crippen LogP contribution in [0.5, 0.6) is 0 Å². The highest BCUT2D eigenvalue weighted by Crippen LogP contribution is 2.20. The minimum Gasteiger partial charge on any atom is -0.396 e. The van der Waals surface area contributed by atoms with Crippen LogP contribution in [0.3, 0.4) is 0 Å². The Labute approximate surface area is 102 Å². The van der Waals surface area contributed by atoms with Crippen molar-refractivity contribution in [2.24, 2.45) is 5.14 Å². The number of sulfonamides is 1. The van der Waals surface area contributed by atoms with E-state index in [1.54, 1.807) is 18.2 Å². The third kappa shape index (κ3) is 4.33. The van der Waals surface area contributed by atoms with E-state index in [4.69, 9.17) is 10.2 Å². The number of benzene rings is 1. The molecule has 1 aromatic rings. The van der Waals surface area contributed by atoms with Crippen LogP contribution in [0.4, 0.5) is 5.69 Å². The second kappa shape index (κ2) is 6.00. The standard InChI is InChI=1S/C11H18N2O3S/c1-9(5-4-8-14)13-10-6-2-3-7-11(10)17(12,15)16/h2-3,6-7,9,13-14H,4-5,8H2,1H3,(H2,12,15,16). The van der Waals surface area contributed by atoms with Crippen molar-refractivity contribution in [2.45, 2.75) is 30.7 Å². The van der Waals surface area contributed by atoms with E-state index in [1.807, 2.05) is 6.92 Å². The molecule has 0 fully saturated rings. The summed E-state index contributed by atoms with van der Waals surface area (Å²) >= 11 is 0. The molecule has 17 heavy (non-hydrogen) atoms. The number of primary sulfonamides is 1. The maximum Gasteiger partial charge on any atom is 0.240 e. The van der Waals surface area contributed by atoms with Crippen LogP contribution >= 0.6 is 0 Å². The van der Waals surface area contributed by atoms with Gasteiger partial charge in [0.05, 0.1) is 5.69 Å². The van der Waals surface area contributed by atoms with Gasteiger partial charge in [-0.3, -0.25) is 0 Å². The molecule has 0 heterocycles. The Kier molecular flexibility index (Phi) is 4.92. The predicted octanol–water partition coefficient (Wildman–Crippen LogP) is 0.907.